The predicted molar refractivity (Wildman–Crippen MR) is 68.4 cm³/mol. The number of carbonyl (C=O) groups excluding carboxylic acids is 2. The molecular weight excluding hydrogens is 218 g/mol. The van der Waals surface area contributed by atoms with Gasteiger partial charge in [0.25, 0.3) is 0 Å². The van der Waals surface area contributed by atoms with Crippen molar-refractivity contribution < 1.29 is 9.59 Å². The minimum Gasteiger partial charge on any atom is -0.352 e. The van der Waals surface area contributed by atoms with Crippen LogP contribution in [0.5, 0.6) is 0 Å². The maximum Gasteiger partial charge on any atom is 0.239 e. The van der Waals surface area contributed by atoms with Crippen molar-refractivity contribution in [2.75, 3.05) is 19.6 Å². The van der Waals surface area contributed by atoms with Gasteiger partial charge in [0.1, 0.15) is 0 Å². The monoisotopic (exact) mass is 243 g/mol. The van der Waals surface area contributed by atoms with Crippen LogP contribution < -0.4 is 11.1 Å². The average molecular weight is 243 g/mol. The number of nitrogens with two attached hydrogens (primary N) is 1. The topological polar surface area (TPSA) is 75.4 Å². The molecule has 0 aliphatic carbocycles. The lowest BCUT2D eigenvalue weighted by Gasteiger charge is -2.24. The van der Waals surface area contributed by atoms with Crippen LogP contribution in [-0.2, 0) is 9.59 Å². The van der Waals surface area contributed by atoms with Gasteiger partial charge >= 0.3 is 0 Å². The van der Waals surface area contributed by atoms with Gasteiger partial charge in [-0.25, -0.2) is 0 Å². The van der Waals surface area contributed by atoms with E-state index in [0.29, 0.717) is 19.5 Å². The summed E-state index contributed by atoms with van der Waals surface area (Å²) in [5.74, 6) is -0.237. The van der Waals surface area contributed by atoms with E-state index in [1.54, 1.807) is 4.90 Å². The second kappa shape index (κ2) is 8.06. The van der Waals surface area contributed by atoms with Gasteiger partial charge < -0.3 is 16.0 Å². The van der Waals surface area contributed by atoms with Crippen molar-refractivity contribution in [3.05, 3.63) is 0 Å². The van der Waals surface area contributed by atoms with Crippen molar-refractivity contribution in [1.29, 1.82) is 0 Å². The first-order valence-corrected chi connectivity index (χ1v) is 6.20. The van der Waals surface area contributed by atoms with Gasteiger partial charge in [0, 0.05) is 18.5 Å². The Bertz CT molecular complexity index is 254. The summed E-state index contributed by atoms with van der Waals surface area (Å²) in [6, 6.07) is 0.0952. The molecule has 5 nitrogen and oxygen atoms in total. The molecule has 0 aromatic rings. The summed E-state index contributed by atoms with van der Waals surface area (Å²) >= 11 is 0. The molecule has 0 rings (SSSR count). The Labute approximate surface area is 104 Å². The van der Waals surface area contributed by atoms with Gasteiger partial charge in [-0.15, -0.1) is 0 Å². The Morgan fingerprint density at radius 2 is 1.88 bits per heavy atom. The van der Waals surface area contributed by atoms with Gasteiger partial charge in [-0.3, -0.25) is 9.59 Å². The standard InChI is InChI=1S/C12H25N3O2/c1-5-15(8-11(16)14-9(2)3)12(17)10(4)6-7-13/h9-10H,5-8,13H2,1-4H3,(H,14,16). The van der Waals surface area contributed by atoms with E-state index in [4.69, 9.17) is 5.73 Å². The molecular formula is C12H25N3O2. The van der Waals surface area contributed by atoms with Crippen molar-refractivity contribution >= 4 is 11.8 Å². The molecule has 0 fully saturated rings. The van der Waals surface area contributed by atoms with E-state index in [-0.39, 0.29) is 30.3 Å². The fraction of sp³-hybridized carbons (Fsp3) is 0.833. The zero-order valence-corrected chi connectivity index (χ0v) is 11.3. The summed E-state index contributed by atoms with van der Waals surface area (Å²) in [5.41, 5.74) is 5.43. The zero-order chi connectivity index (χ0) is 13.4. The number of likely N-dealkylation sites (N-methyl/N-ethyl adjacent to an activating group) is 1. The van der Waals surface area contributed by atoms with Gasteiger partial charge in [0.05, 0.1) is 6.54 Å². The van der Waals surface area contributed by atoms with E-state index in [1.165, 1.54) is 0 Å². The molecule has 0 aromatic heterocycles. The molecule has 0 aliphatic rings. The molecule has 17 heavy (non-hydrogen) atoms. The highest BCUT2D eigenvalue weighted by Crippen LogP contribution is 2.06. The van der Waals surface area contributed by atoms with Gasteiger partial charge in [0.2, 0.25) is 11.8 Å². The molecule has 1 unspecified atom stereocenters. The molecule has 0 spiro atoms. The third-order valence-corrected chi connectivity index (χ3v) is 2.50. The Balaban J connectivity index is 4.32. The number of rotatable bonds is 7. The Hall–Kier alpha value is -1.10. The van der Waals surface area contributed by atoms with Crippen LogP contribution >= 0.6 is 0 Å². The van der Waals surface area contributed by atoms with Crippen LogP contribution in [0.1, 0.15) is 34.1 Å². The third kappa shape index (κ3) is 6.26. The first kappa shape index (κ1) is 15.9. The molecule has 0 saturated carbocycles. The number of hydrogen-bond donors (Lipinski definition) is 2. The fourth-order valence-electron chi connectivity index (χ4n) is 1.57. The highest BCUT2D eigenvalue weighted by Gasteiger charge is 2.20. The highest BCUT2D eigenvalue weighted by molar-refractivity contribution is 5.85. The molecule has 0 radical (unpaired) electrons. The van der Waals surface area contributed by atoms with Crippen molar-refractivity contribution in [2.45, 2.75) is 40.2 Å². The van der Waals surface area contributed by atoms with Crippen molar-refractivity contribution in [3.8, 4) is 0 Å². The van der Waals surface area contributed by atoms with Crippen molar-refractivity contribution in [2.24, 2.45) is 11.7 Å². The summed E-state index contributed by atoms with van der Waals surface area (Å²) in [7, 11) is 0. The van der Waals surface area contributed by atoms with Gasteiger partial charge in [-0.2, -0.15) is 0 Å². The SMILES string of the molecule is CCN(CC(=O)NC(C)C)C(=O)C(C)CCN. The molecule has 3 N–H and O–H groups in total. The van der Waals surface area contributed by atoms with Crippen LogP contribution in [0.3, 0.4) is 0 Å². The molecule has 1 atom stereocenters. The normalized spacial score (nSPS) is 12.4. The maximum atomic E-state index is 12.0. The Kier molecular flexibility index (Phi) is 7.54. The average Bonchev–Trinajstić information content (AvgIpc) is 2.24. The van der Waals surface area contributed by atoms with E-state index in [0.717, 1.165) is 0 Å². The molecule has 5 heteroatoms. The number of amides is 2. The number of nitrogens with one attached hydrogen (secondary N) is 1. The lowest BCUT2D eigenvalue weighted by molar-refractivity contribution is -0.139. The summed E-state index contributed by atoms with van der Waals surface area (Å²) < 4.78 is 0. The largest absolute Gasteiger partial charge is 0.352 e. The van der Waals surface area contributed by atoms with Crippen LogP contribution in [0.4, 0.5) is 0 Å². The lowest BCUT2D eigenvalue weighted by Crippen LogP contribution is -2.44. The molecule has 0 heterocycles. The van der Waals surface area contributed by atoms with E-state index in [9.17, 15) is 9.59 Å². The van der Waals surface area contributed by atoms with E-state index in [1.807, 2.05) is 27.7 Å². The van der Waals surface area contributed by atoms with Crippen molar-refractivity contribution in [1.82, 2.24) is 10.2 Å². The van der Waals surface area contributed by atoms with Crippen molar-refractivity contribution in [3.63, 3.8) is 0 Å². The summed E-state index contributed by atoms with van der Waals surface area (Å²) in [5, 5.41) is 2.78. The number of carbonyl (C=O) groups is 2. The van der Waals surface area contributed by atoms with Crippen LogP contribution in [0.15, 0.2) is 0 Å². The predicted octanol–water partition coefficient (Wildman–Crippen LogP) is 0.344. The lowest BCUT2D eigenvalue weighted by atomic mass is 10.1. The molecule has 0 saturated heterocycles. The number of hydrogen-bond acceptors (Lipinski definition) is 3. The minimum atomic E-state index is -0.119. The summed E-state index contributed by atoms with van der Waals surface area (Å²) in [4.78, 5) is 25.1. The highest BCUT2D eigenvalue weighted by atomic mass is 16.2. The van der Waals surface area contributed by atoms with Crippen LogP contribution in [0, 0.1) is 5.92 Å². The van der Waals surface area contributed by atoms with Crippen LogP contribution in [0.2, 0.25) is 0 Å². The minimum absolute atomic E-state index is 0.00291. The summed E-state index contributed by atoms with van der Waals surface area (Å²) in [6.07, 6.45) is 0.654. The summed E-state index contributed by atoms with van der Waals surface area (Å²) in [6.45, 7) is 8.67. The molecule has 2 amide bonds. The van der Waals surface area contributed by atoms with Gasteiger partial charge in [-0.05, 0) is 33.7 Å². The Morgan fingerprint density at radius 1 is 1.29 bits per heavy atom. The molecule has 0 bridgehead atoms. The molecule has 100 valence electrons. The van der Waals surface area contributed by atoms with Gasteiger partial charge in [0.15, 0.2) is 0 Å². The van der Waals surface area contributed by atoms with Crippen LogP contribution in [-0.4, -0.2) is 42.4 Å². The first-order chi connectivity index (χ1) is 7.92. The first-order valence-electron chi connectivity index (χ1n) is 6.20. The quantitative estimate of drug-likeness (QED) is 0.677. The smallest absolute Gasteiger partial charge is 0.239 e. The number of nitrogens with zero attached hydrogens (tertiary/aromatic N) is 1. The van der Waals surface area contributed by atoms with Crippen LogP contribution in [0.25, 0.3) is 0 Å². The molecule has 0 aliphatic heterocycles. The van der Waals surface area contributed by atoms with Gasteiger partial charge in [-0.1, -0.05) is 6.92 Å². The van der Waals surface area contributed by atoms with E-state index < -0.39 is 0 Å². The third-order valence-electron chi connectivity index (χ3n) is 2.50. The van der Waals surface area contributed by atoms with E-state index in [2.05, 4.69) is 5.32 Å². The Morgan fingerprint density at radius 3 is 2.29 bits per heavy atom. The zero-order valence-electron chi connectivity index (χ0n) is 11.3. The maximum absolute atomic E-state index is 12.0. The fourth-order valence-corrected chi connectivity index (χ4v) is 1.57. The second-order valence-electron chi connectivity index (χ2n) is 4.55. The second-order valence-corrected chi connectivity index (χ2v) is 4.55. The molecule has 0 aromatic carbocycles. The van der Waals surface area contributed by atoms with E-state index >= 15 is 0 Å².